The van der Waals surface area contributed by atoms with Crippen LogP contribution in [0.5, 0.6) is 0 Å². The van der Waals surface area contributed by atoms with Crippen molar-refractivity contribution in [1.29, 1.82) is 0 Å². The predicted molar refractivity (Wildman–Crippen MR) is 71.1 cm³/mol. The molecule has 1 aromatic rings. The fourth-order valence-corrected chi connectivity index (χ4v) is 2.18. The Labute approximate surface area is 102 Å². The first kappa shape index (κ1) is 12.0. The third kappa shape index (κ3) is 2.99. The Morgan fingerprint density at radius 3 is 2.65 bits per heavy atom. The molecule has 0 atom stereocenters. The van der Waals surface area contributed by atoms with Crippen LogP contribution in [0.1, 0.15) is 32.6 Å². The summed E-state index contributed by atoms with van der Waals surface area (Å²) in [6.45, 7) is 3.22. The molecule has 0 spiro atoms. The van der Waals surface area contributed by atoms with Crippen LogP contribution in [0.2, 0.25) is 0 Å². The molecule has 2 rings (SSSR count). The quantitative estimate of drug-likeness (QED) is 0.704. The lowest BCUT2D eigenvalue weighted by Gasteiger charge is -2.15. The number of aromatic nitrogens is 2. The van der Waals surface area contributed by atoms with Gasteiger partial charge in [0.1, 0.15) is 11.6 Å². The van der Waals surface area contributed by atoms with E-state index in [4.69, 9.17) is 5.73 Å². The van der Waals surface area contributed by atoms with Crippen molar-refractivity contribution in [3.05, 3.63) is 6.07 Å². The van der Waals surface area contributed by atoms with Crippen LogP contribution < -0.4 is 16.4 Å². The van der Waals surface area contributed by atoms with Crippen molar-refractivity contribution in [3.63, 3.8) is 0 Å². The minimum Gasteiger partial charge on any atom is -0.373 e. The Morgan fingerprint density at radius 1 is 1.35 bits per heavy atom. The molecule has 5 nitrogen and oxygen atoms in total. The van der Waals surface area contributed by atoms with Gasteiger partial charge in [-0.05, 0) is 24.7 Å². The first-order valence-corrected chi connectivity index (χ1v) is 6.24. The molecule has 1 aromatic heterocycles. The highest BCUT2D eigenvalue weighted by molar-refractivity contribution is 5.50. The number of anilines is 3. The summed E-state index contributed by atoms with van der Waals surface area (Å²) < 4.78 is 0. The molecular weight excluding hydrogens is 214 g/mol. The van der Waals surface area contributed by atoms with Crippen LogP contribution in [0.25, 0.3) is 0 Å². The molecule has 1 fully saturated rings. The zero-order valence-corrected chi connectivity index (χ0v) is 10.6. The van der Waals surface area contributed by atoms with Crippen LogP contribution in [0.3, 0.4) is 0 Å². The molecule has 4 N–H and O–H groups in total. The van der Waals surface area contributed by atoms with E-state index in [1.54, 1.807) is 0 Å². The summed E-state index contributed by atoms with van der Waals surface area (Å²) in [5.74, 6) is 1.87. The van der Waals surface area contributed by atoms with E-state index in [1.807, 2.05) is 13.1 Å². The number of nitrogens with two attached hydrogens (primary N) is 1. The van der Waals surface area contributed by atoms with Crippen molar-refractivity contribution in [1.82, 2.24) is 9.97 Å². The van der Waals surface area contributed by atoms with Crippen LogP contribution in [0.15, 0.2) is 6.07 Å². The van der Waals surface area contributed by atoms with E-state index in [0.29, 0.717) is 11.4 Å². The summed E-state index contributed by atoms with van der Waals surface area (Å²) in [4.78, 5) is 8.25. The molecule has 0 unspecified atom stereocenters. The van der Waals surface area contributed by atoms with E-state index in [1.165, 1.54) is 25.7 Å². The van der Waals surface area contributed by atoms with Crippen LogP contribution in [-0.2, 0) is 0 Å². The van der Waals surface area contributed by atoms with Crippen LogP contribution >= 0.6 is 0 Å². The van der Waals surface area contributed by atoms with Gasteiger partial charge in [0.15, 0.2) is 0 Å². The normalized spacial score (nSPS) is 16.6. The Hall–Kier alpha value is -1.52. The summed E-state index contributed by atoms with van der Waals surface area (Å²) in [6, 6.07) is 1.89. The molecule has 1 heterocycles. The molecule has 1 aliphatic rings. The molecular formula is C12H21N5. The first-order chi connectivity index (χ1) is 8.17. The predicted octanol–water partition coefficient (Wildman–Crippen LogP) is 2.09. The Kier molecular flexibility index (Phi) is 3.36. The standard InChI is InChI=1S/C12H21N5/c1-3-4-12(5-6-12)8-15-10-7-9(14-2)16-11(13)17-10/h7H,3-6,8H2,1-2H3,(H4,13,14,15,16,17). The minimum absolute atomic E-state index is 0.305. The fraction of sp³-hybridized carbons (Fsp3) is 0.667. The fourth-order valence-electron chi connectivity index (χ4n) is 2.18. The lowest BCUT2D eigenvalue weighted by atomic mass is 10.0. The largest absolute Gasteiger partial charge is 0.373 e. The van der Waals surface area contributed by atoms with Crippen molar-refractivity contribution in [2.45, 2.75) is 32.6 Å². The second-order valence-corrected chi connectivity index (χ2v) is 4.85. The van der Waals surface area contributed by atoms with Gasteiger partial charge >= 0.3 is 0 Å². The third-order valence-corrected chi connectivity index (χ3v) is 3.38. The van der Waals surface area contributed by atoms with Gasteiger partial charge in [0.05, 0.1) is 0 Å². The van der Waals surface area contributed by atoms with Gasteiger partial charge in [-0.15, -0.1) is 0 Å². The molecule has 5 heteroatoms. The van der Waals surface area contributed by atoms with Gasteiger partial charge < -0.3 is 16.4 Å². The number of nitrogens with zero attached hydrogens (tertiary/aromatic N) is 2. The van der Waals surface area contributed by atoms with Crippen molar-refractivity contribution in [2.24, 2.45) is 5.41 Å². The maximum atomic E-state index is 5.65. The monoisotopic (exact) mass is 235 g/mol. The van der Waals surface area contributed by atoms with E-state index in [-0.39, 0.29) is 0 Å². The number of nitrogens with one attached hydrogen (secondary N) is 2. The molecule has 0 aliphatic heterocycles. The van der Waals surface area contributed by atoms with E-state index < -0.39 is 0 Å². The average molecular weight is 235 g/mol. The molecule has 17 heavy (non-hydrogen) atoms. The van der Waals surface area contributed by atoms with Gasteiger partial charge in [0, 0.05) is 19.7 Å². The highest BCUT2D eigenvalue weighted by Crippen LogP contribution is 2.49. The summed E-state index contributed by atoms with van der Waals surface area (Å²) in [7, 11) is 1.82. The van der Waals surface area contributed by atoms with Crippen molar-refractivity contribution in [3.8, 4) is 0 Å². The zero-order chi connectivity index (χ0) is 12.3. The summed E-state index contributed by atoms with van der Waals surface area (Å²) in [6.07, 6.45) is 5.19. The summed E-state index contributed by atoms with van der Waals surface area (Å²) in [5.41, 5.74) is 6.15. The van der Waals surface area contributed by atoms with E-state index >= 15 is 0 Å². The first-order valence-electron chi connectivity index (χ1n) is 6.24. The molecule has 94 valence electrons. The Balaban J connectivity index is 1.97. The number of nitrogen functional groups attached to an aromatic ring is 1. The molecule has 0 bridgehead atoms. The lowest BCUT2D eigenvalue weighted by Crippen LogP contribution is -2.16. The van der Waals surface area contributed by atoms with Gasteiger partial charge in [-0.3, -0.25) is 0 Å². The summed E-state index contributed by atoms with van der Waals surface area (Å²) >= 11 is 0. The van der Waals surface area contributed by atoms with Gasteiger partial charge in [0.2, 0.25) is 5.95 Å². The van der Waals surface area contributed by atoms with E-state index in [9.17, 15) is 0 Å². The molecule has 1 saturated carbocycles. The van der Waals surface area contributed by atoms with Crippen LogP contribution in [0.4, 0.5) is 17.6 Å². The van der Waals surface area contributed by atoms with Gasteiger partial charge in [-0.25, -0.2) is 0 Å². The minimum atomic E-state index is 0.305. The molecule has 0 aromatic carbocycles. The topological polar surface area (TPSA) is 75.9 Å². The maximum absolute atomic E-state index is 5.65. The number of hydrogen-bond acceptors (Lipinski definition) is 5. The highest BCUT2D eigenvalue weighted by atomic mass is 15.1. The second kappa shape index (κ2) is 4.77. The van der Waals surface area contributed by atoms with Gasteiger partial charge in [-0.2, -0.15) is 9.97 Å². The zero-order valence-electron chi connectivity index (χ0n) is 10.6. The number of rotatable bonds is 6. The van der Waals surface area contributed by atoms with Crippen LogP contribution in [-0.4, -0.2) is 23.6 Å². The average Bonchev–Trinajstić information content (AvgIpc) is 3.07. The Morgan fingerprint density at radius 2 is 2.06 bits per heavy atom. The second-order valence-electron chi connectivity index (χ2n) is 4.85. The molecule has 1 aliphatic carbocycles. The summed E-state index contributed by atoms with van der Waals surface area (Å²) in [5, 5.41) is 6.35. The van der Waals surface area contributed by atoms with Gasteiger partial charge in [0.25, 0.3) is 0 Å². The lowest BCUT2D eigenvalue weighted by molar-refractivity contribution is 0.485. The van der Waals surface area contributed by atoms with Crippen molar-refractivity contribution >= 4 is 17.6 Å². The number of hydrogen-bond donors (Lipinski definition) is 3. The molecule has 0 amide bonds. The maximum Gasteiger partial charge on any atom is 0.223 e. The Bertz CT molecular complexity index is 386. The third-order valence-electron chi connectivity index (χ3n) is 3.38. The SMILES string of the molecule is CCCC1(CNc2cc(NC)nc(N)n2)CC1. The molecule has 0 saturated heterocycles. The van der Waals surface area contributed by atoms with Crippen molar-refractivity contribution in [2.75, 3.05) is 30.0 Å². The smallest absolute Gasteiger partial charge is 0.223 e. The van der Waals surface area contributed by atoms with E-state index in [2.05, 4.69) is 27.5 Å². The van der Waals surface area contributed by atoms with E-state index in [0.717, 1.165) is 18.2 Å². The van der Waals surface area contributed by atoms with Gasteiger partial charge in [-0.1, -0.05) is 13.3 Å². The highest BCUT2D eigenvalue weighted by Gasteiger charge is 2.41. The van der Waals surface area contributed by atoms with Crippen molar-refractivity contribution < 1.29 is 0 Å². The molecule has 0 radical (unpaired) electrons. The van der Waals surface area contributed by atoms with Crippen LogP contribution in [0, 0.1) is 5.41 Å².